The van der Waals surface area contributed by atoms with Gasteiger partial charge in [0.25, 0.3) is 0 Å². The number of pyridine rings is 1. The summed E-state index contributed by atoms with van der Waals surface area (Å²) in [6.45, 7) is 4.06. The van der Waals surface area contributed by atoms with Crippen molar-refractivity contribution in [2.45, 2.75) is 39.2 Å². The molecule has 2 aromatic heterocycles. The van der Waals surface area contributed by atoms with E-state index in [9.17, 15) is 4.79 Å². The third-order valence-corrected chi connectivity index (χ3v) is 3.26. The number of hydrogen-bond donors (Lipinski definition) is 1. The van der Waals surface area contributed by atoms with Gasteiger partial charge >= 0.3 is 0 Å². The number of carbonyl (C=O) groups is 1. The van der Waals surface area contributed by atoms with Gasteiger partial charge < -0.3 is 5.32 Å². The summed E-state index contributed by atoms with van der Waals surface area (Å²) in [7, 11) is 0. The molecule has 2 rings (SSSR count). The van der Waals surface area contributed by atoms with Gasteiger partial charge in [-0.3, -0.25) is 19.7 Å². The van der Waals surface area contributed by atoms with Crippen molar-refractivity contribution < 1.29 is 4.79 Å². The van der Waals surface area contributed by atoms with E-state index < -0.39 is 0 Å². The predicted octanol–water partition coefficient (Wildman–Crippen LogP) is 2.38. The zero-order valence-corrected chi connectivity index (χ0v) is 12.4. The van der Waals surface area contributed by atoms with Crippen molar-refractivity contribution in [3.8, 4) is 0 Å². The SMILES string of the molecule is CC[C@H](NC(=O)CCc1cnccn1)c1cc(C)ccn1. The van der Waals surface area contributed by atoms with Crippen molar-refractivity contribution in [3.05, 3.63) is 53.9 Å². The van der Waals surface area contributed by atoms with Crippen LogP contribution in [0.25, 0.3) is 0 Å². The first-order valence-electron chi connectivity index (χ1n) is 7.16. The summed E-state index contributed by atoms with van der Waals surface area (Å²) >= 11 is 0. The van der Waals surface area contributed by atoms with Gasteiger partial charge in [-0.2, -0.15) is 0 Å². The minimum atomic E-state index is -0.0424. The molecule has 0 aliphatic heterocycles. The summed E-state index contributed by atoms with van der Waals surface area (Å²) in [6.07, 6.45) is 8.54. The molecule has 21 heavy (non-hydrogen) atoms. The quantitative estimate of drug-likeness (QED) is 0.884. The van der Waals surface area contributed by atoms with Crippen LogP contribution in [0.4, 0.5) is 0 Å². The lowest BCUT2D eigenvalue weighted by molar-refractivity contribution is -0.121. The average molecular weight is 284 g/mol. The highest BCUT2D eigenvalue weighted by molar-refractivity contribution is 5.76. The van der Waals surface area contributed by atoms with Crippen LogP contribution >= 0.6 is 0 Å². The lowest BCUT2D eigenvalue weighted by atomic mass is 10.1. The number of hydrogen-bond acceptors (Lipinski definition) is 4. The second kappa shape index (κ2) is 7.47. The Hall–Kier alpha value is -2.30. The van der Waals surface area contributed by atoms with E-state index in [1.807, 2.05) is 26.0 Å². The largest absolute Gasteiger partial charge is 0.348 e. The zero-order valence-electron chi connectivity index (χ0n) is 12.4. The first-order chi connectivity index (χ1) is 10.2. The van der Waals surface area contributed by atoms with Gasteiger partial charge in [0.15, 0.2) is 0 Å². The number of rotatable bonds is 6. The fraction of sp³-hybridized carbons (Fsp3) is 0.375. The van der Waals surface area contributed by atoms with Crippen LogP contribution in [0.2, 0.25) is 0 Å². The van der Waals surface area contributed by atoms with E-state index >= 15 is 0 Å². The standard InChI is InChI=1S/C16H20N4O/c1-3-14(15-10-12(2)6-7-19-15)20-16(21)5-4-13-11-17-8-9-18-13/h6-11,14H,3-5H2,1-2H3,(H,20,21)/t14-/m0/s1. The van der Waals surface area contributed by atoms with E-state index in [4.69, 9.17) is 0 Å². The smallest absolute Gasteiger partial charge is 0.220 e. The fourth-order valence-corrected chi connectivity index (χ4v) is 2.10. The lowest BCUT2D eigenvalue weighted by Gasteiger charge is -2.16. The van der Waals surface area contributed by atoms with E-state index in [1.54, 1.807) is 24.8 Å². The molecule has 0 unspecified atom stereocenters. The van der Waals surface area contributed by atoms with Crippen molar-refractivity contribution in [2.75, 3.05) is 0 Å². The van der Waals surface area contributed by atoms with Crippen LogP contribution in [0.5, 0.6) is 0 Å². The Labute approximate surface area is 124 Å². The van der Waals surface area contributed by atoms with E-state index in [-0.39, 0.29) is 11.9 Å². The first kappa shape index (κ1) is 15.1. The Balaban J connectivity index is 1.91. The predicted molar refractivity (Wildman–Crippen MR) is 80.5 cm³/mol. The van der Waals surface area contributed by atoms with Gasteiger partial charge in [-0.25, -0.2) is 0 Å². The van der Waals surface area contributed by atoms with Crippen LogP contribution < -0.4 is 5.32 Å². The van der Waals surface area contributed by atoms with Crippen molar-refractivity contribution in [3.63, 3.8) is 0 Å². The molecule has 5 nitrogen and oxygen atoms in total. The van der Waals surface area contributed by atoms with Crippen LogP contribution in [-0.2, 0) is 11.2 Å². The van der Waals surface area contributed by atoms with Crippen molar-refractivity contribution in [2.24, 2.45) is 0 Å². The van der Waals surface area contributed by atoms with Gasteiger partial charge in [0.1, 0.15) is 0 Å². The normalized spacial score (nSPS) is 11.9. The summed E-state index contributed by atoms with van der Waals surface area (Å²) in [4.78, 5) is 24.6. The molecule has 0 saturated heterocycles. The topological polar surface area (TPSA) is 67.8 Å². The maximum atomic E-state index is 12.1. The molecular weight excluding hydrogens is 264 g/mol. The van der Waals surface area contributed by atoms with Crippen LogP contribution in [0.15, 0.2) is 36.9 Å². The van der Waals surface area contributed by atoms with E-state index in [1.165, 1.54) is 0 Å². The Morgan fingerprint density at radius 1 is 1.29 bits per heavy atom. The minimum Gasteiger partial charge on any atom is -0.348 e. The van der Waals surface area contributed by atoms with Crippen molar-refractivity contribution in [1.29, 1.82) is 0 Å². The Kier molecular flexibility index (Phi) is 5.37. The molecule has 0 aromatic carbocycles. The fourth-order valence-electron chi connectivity index (χ4n) is 2.10. The van der Waals surface area contributed by atoms with E-state index in [0.29, 0.717) is 12.8 Å². The highest BCUT2D eigenvalue weighted by Crippen LogP contribution is 2.15. The number of aromatic nitrogens is 3. The highest BCUT2D eigenvalue weighted by atomic mass is 16.1. The molecule has 0 fully saturated rings. The zero-order chi connectivity index (χ0) is 15.1. The molecule has 0 aliphatic rings. The van der Waals surface area contributed by atoms with Crippen LogP contribution in [0.3, 0.4) is 0 Å². The molecule has 110 valence electrons. The third-order valence-electron chi connectivity index (χ3n) is 3.26. The Morgan fingerprint density at radius 2 is 2.14 bits per heavy atom. The summed E-state index contributed by atoms with van der Waals surface area (Å²) in [5, 5.41) is 3.03. The van der Waals surface area contributed by atoms with Gasteiger partial charge in [0, 0.05) is 31.2 Å². The van der Waals surface area contributed by atoms with E-state index in [0.717, 1.165) is 23.4 Å². The second-order valence-electron chi connectivity index (χ2n) is 4.98. The van der Waals surface area contributed by atoms with Gasteiger partial charge in [-0.1, -0.05) is 6.92 Å². The molecule has 0 spiro atoms. The Morgan fingerprint density at radius 3 is 2.81 bits per heavy atom. The monoisotopic (exact) mass is 284 g/mol. The average Bonchev–Trinajstić information content (AvgIpc) is 2.51. The first-order valence-corrected chi connectivity index (χ1v) is 7.16. The molecule has 1 N–H and O–H groups in total. The number of nitrogens with zero attached hydrogens (tertiary/aromatic N) is 3. The number of nitrogens with one attached hydrogen (secondary N) is 1. The van der Waals surface area contributed by atoms with E-state index in [2.05, 4.69) is 20.3 Å². The molecule has 1 amide bonds. The van der Waals surface area contributed by atoms with Crippen molar-refractivity contribution >= 4 is 5.91 Å². The summed E-state index contributed by atoms with van der Waals surface area (Å²) in [6, 6.07) is 3.92. The molecular formula is C16H20N4O. The highest BCUT2D eigenvalue weighted by Gasteiger charge is 2.14. The summed E-state index contributed by atoms with van der Waals surface area (Å²) in [5.41, 5.74) is 2.88. The lowest BCUT2D eigenvalue weighted by Crippen LogP contribution is -2.29. The van der Waals surface area contributed by atoms with Crippen LogP contribution in [0, 0.1) is 6.92 Å². The maximum Gasteiger partial charge on any atom is 0.220 e. The summed E-state index contributed by atoms with van der Waals surface area (Å²) < 4.78 is 0. The molecule has 2 heterocycles. The molecule has 0 saturated carbocycles. The Bertz CT molecular complexity index is 586. The molecule has 0 bridgehead atoms. The molecule has 0 aliphatic carbocycles. The van der Waals surface area contributed by atoms with Crippen molar-refractivity contribution in [1.82, 2.24) is 20.3 Å². The van der Waals surface area contributed by atoms with Gasteiger partial charge in [-0.15, -0.1) is 0 Å². The molecule has 1 atom stereocenters. The molecule has 5 heteroatoms. The van der Waals surface area contributed by atoms with Gasteiger partial charge in [-0.05, 0) is 37.5 Å². The van der Waals surface area contributed by atoms with Gasteiger partial charge in [0.2, 0.25) is 5.91 Å². The maximum absolute atomic E-state index is 12.1. The molecule has 0 radical (unpaired) electrons. The second-order valence-corrected chi connectivity index (χ2v) is 4.98. The van der Waals surface area contributed by atoms with Crippen LogP contribution in [0.1, 0.15) is 42.8 Å². The number of carbonyl (C=O) groups excluding carboxylic acids is 1. The number of aryl methyl sites for hydroxylation is 2. The third kappa shape index (κ3) is 4.63. The van der Waals surface area contributed by atoms with Gasteiger partial charge in [0.05, 0.1) is 17.4 Å². The number of amides is 1. The minimum absolute atomic E-state index is 0.0100. The summed E-state index contributed by atoms with van der Waals surface area (Å²) in [5.74, 6) is 0.0100. The van der Waals surface area contributed by atoms with Crippen LogP contribution in [-0.4, -0.2) is 20.9 Å². The molecule has 2 aromatic rings.